The topological polar surface area (TPSA) is 335 Å². The molecule has 1 aromatic heterocycles. The van der Waals surface area contributed by atoms with Gasteiger partial charge in [0, 0.05) is 31.4 Å². The number of ether oxygens (including phenoxy) is 4. The van der Waals surface area contributed by atoms with Crippen LogP contribution in [0.25, 0.3) is 0 Å². The number of aliphatic hydroxyl groups is 5. The van der Waals surface area contributed by atoms with E-state index in [0.717, 1.165) is 55.2 Å². The number of aliphatic hydroxyl groups excluding tert-OH is 5. The Morgan fingerprint density at radius 2 is 1.42 bits per heavy atom. The molecule has 22 nitrogen and oxygen atoms in total. The van der Waals surface area contributed by atoms with Gasteiger partial charge in [-0.1, -0.05) is 161 Å². The molecule has 1 saturated heterocycles. The van der Waals surface area contributed by atoms with Gasteiger partial charge in [-0.25, -0.2) is 13.9 Å². The Kier molecular flexibility index (Phi) is 33.7. The molecule has 0 spiro atoms. The molecule has 12 atom stereocenters. The minimum atomic E-state index is -5.74. The number of carbonyl (C=O) groups excluding carboxylic acids is 2. The van der Waals surface area contributed by atoms with Gasteiger partial charge in [-0.05, 0) is 44.1 Å². The molecule has 0 radical (unpaired) electrons. The molecule has 9 N–H and O–H groups in total. The first-order chi connectivity index (χ1) is 36.7. The summed E-state index contributed by atoms with van der Waals surface area (Å²) >= 11 is 0. The highest BCUT2D eigenvalue weighted by atomic mass is 31.3. The molecule has 0 aromatic carbocycles. The number of allylic oxidation sites excluding steroid dienone is 2. The molecule has 3 heterocycles. The Hall–Kier alpha value is -2.92. The normalized spacial score (nSPS) is 29.4. The number of fused-ring (bicyclic) bond motifs is 3. The first-order valence-electron chi connectivity index (χ1n) is 28.1. The lowest BCUT2D eigenvalue weighted by Crippen LogP contribution is -2.49. The molecule has 24 heteroatoms. The number of carbonyl (C=O) groups is 2. The predicted octanol–water partition coefficient (Wildman–Crippen LogP) is 8.14. The highest BCUT2D eigenvalue weighted by Crippen LogP contribution is 2.60. The van der Waals surface area contributed by atoms with Crippen molar-refractivity contribution in [3.63, 3.8) is 0 Å². The average molecular weight is 1140 g/mol. The van der Waals surface area contributed by atoms with E-state index < -0.39 is 121 Å². The van der Waals surface area contributed by atoms with E-state index in [1.54, 1.807) is 12.2 Å². The predicted molar refractivity (Wildman–Crippen MR) is 288 cm³/mol. The Bertz CT molecular complexity index is 2030. The molecule has 0 saturated carbocycles. The van der Waals surface area contributed by atoms with Crippen molar-refractivity contribution in [2.45, 2.75) is 243 Å². The van der Waals surface area contributed by atoms with Crippen LogP contribution in [0.4, 0.5) is 5.82 Å². The summed E-state index contributed by atoms with van der Waals surface area (Å²) in [5.41, 5.74) is 4.76. The van der Waals surface area contributed by atoms with E-state index in [2.05, 4.69) is 23.1 Å². The second kappa shape index (κ2) is 37.9. The number of esters is 2. The summed E-state index contributed by atoms with van der Waals surface area (Å²) in [7, 11) is -11.3. The van der Waals surface area contributed by atoms with E-state index in [0.29, 0.717) is 19.3 Å². The Labute approximate surface area is 455 Å². The van der Waals surface area contributed by atoms with Gasteiger partial charge in [-0.2, -0.15) is 9.29 Å². The smallest absolute Gasteiger partial charge is 0.462 e. The molecule has 3 rings (SSSR count). The minimum absolute atomic E-state index is 0.00176. The fourth-order valence-corrected chi connectivity index (χ4v) is 11.2. The first kappa shape index (κ1) is 68.4. The summed E-state index contributed by atoms with van der Waals surface area (Å²) in [6, 6.07) is 1.23. The number of nitrogens with two attached hydrogens (primary N) is 1. The summed E-state index contributed by atoms with van der Waals surface area (Å²) in [6.45, 7) is 3.77. The fraction of sp³-hybridized carbons (Fsp3) is 0.811. The number of unbranched alkanes of at least 4 members (excludes halogenated alkanes) is 16. The van der Waals surface area contributed by atoms with Crippen molar-refractivity contribution >= 4 is 33.4 Å². The summed E-state index contributed by atoms with van der Waals surface area (Å²) < 4.78 is 64.9. The number of cyclic esters (lactones) is 1. The van der Waals surface area contributed by atoms with Gasteiger partial charge in [-0.15, -0.1) is 0 Å². The lowest BCUT2D eigenvalue weighted by atomic mass is 9.92. The van der Waals surface area contributed by atoms with Crippen LogP contribution in [0.2, 0.25) is 0 Å². The Balaban J connectivity index is 1.74. The first-order valence-corrected chi connectivity index (χ1v) is 31.1. The van der Waals surface area contributed by atoms with Crippen molar-refractivity contribution in [1.29, 1.82) is 0 Å². The number of hydrogen-bond donors (Lipinski definition) is 8. The van der Waals surface area contributed by atoms with Crippen LogP contribution in [0.1, 0.15) is 194 Å². The van der Waals surface area contributed by atoms with Crippen LogP contribution in [-0.4, -0.2) is 126 Å². The van der Waals surface area contributed by atoms with Gasteiger partial charge in [0.05, 0.1) is 25.4 Å². The van der Waals surface area contributed by atoms with Crippen molar-refractivity contribution in [1.82, 2.24) is 9.55 Å². The zero-order valence-electron chi connectivity index (χ0n) is 45.7. The van der Waals surface area contributed by atoms with E-state index >= 15 is 0 Å². The van der Waals surface area contributed by atoms with E-state index in [1.807, 2.05) is 6.92 Å². The molecule has 2 aliphatic heterocycles. The van der Waals surface area contributed by atoms with Crippen LogP contribution in [0.5, 0.6) is 0 Å². The molecule has 1 aromatic rings. The van der Waals surface area contributed by atoms with Crippen molar-refractivity contribution in [3.05, 3.63) is 47.1 Å². The quantitative estimate of drug-likeness (QED) is 0.0188. The van der Waals surface area contributed by atoms with E-state index in [-0.39, 0.29) is 37.9 Å². The van der Waals surface area contributed by atoms with Gasteiger partial charge in [0.25, 0.3) is 0 Å². The van der Waals surface area contributed by atoms with Crippen LogP contribution in [0.15, 0.2) is 41.4 Å². The molecule has 0 aliphatic carbocycles. The molecule has 3 unspecified atom stereocenters. The Morgan fingerprint density at radius 1 is 0.818 bits per heavy atom. The summed E-state index contributed by atoms with van der Waals surface area (Å²) in [6.07, 6.45) is 12.3. The van der Waals surface area contributed by atoms with Crippen LogP contribution < -0.4 is 11.4 Å². The van der Waals surface area contributed by atoms with Crippen LogP contribution in [0.3, 0.4) is 0 Å². The molecule has 77 heavy (non-hydrogen) atoms. The van der Waals surface area contributed by atoms with Gasteiger partial charge in [-0.3, -0.25) is 23.2 Å². The Morgan fingerprint density at radius 3 is 2.03 bits per heavy atom. The van der Waals surface area contributed by atoms with Gasteiger partial charge >= 0.3 is 33.3 Å². The minimum Gasteiger partial charge on any atom is -0.462 e. The second-order valence-corrected chi connectivity index (χ2v) is 23.8. The largest absolute Gasteiger partial charge is 0.481 e. The zero-order chi connectivity index (χ0) is 56.6. The highest BCUT2D eigenvalue weighted by Gasteiger charge is 2.44. The number of anilines is 1. The molecule has 444 valence electrons. The van der Waals surface area contributed by atoms with E-state index in [1.165, 1.54) is 88.8 Å². The summed E-state index contributed by atoms with van der Waals surface area (Å²) in [4.78, 5) is 64.5. The SMILES string of the molecule is CCCCC[C@H](O)C=C[C@H]1OC(O)C[C@H](O)[C@@H]2CC=CCCCC(=O)OC[C@@H](OC(=O)CCCCCCCCCCCCCCCCCC(C)C)COP(=O)(O)OP(=O)(O)OC[C@@H](O[C@H]2n2ccc(N)nc2=O)[C@@H](O)[C@H]1O. The summed E-state index contributed by atoms with van der Waals surface area (Å²) in [5, 5.41) is 56.9. The van der Waals surface area contributed by atoms with E-state index in [4.69, 9.17) is 33.7 Å². The molecular formula is C53H93N3O19P2. The van der Waals surface area contributed by atoms with Crippen molar-refractivity contribution in [2.24, 2.45) is 11.8 Å². The maximum absolute atomic E-state index is 13.4. The van der Waals surface area contributed by atoms with Crippen molar-refractivity contribution in [2.75, 3.05) is 25.6 Å². The van der Waals surface area contributed by atoms with Crippen LogP contribution in [0, 0.1) is 11.8 Å². The third-order valence-corrected chi connectivity index (χ3v) is 16.1. The lowest BCUT2D eigenvalue weighted by molar-refractivity contribution is -0.192. The third-order valence-electron chi connectivity index (χ3n) is 13.5. The second-order valence-electron chi connectivity index (χ2n) is 20.8. The van der Waals surface area contributed by atoms with Crippen LogP contribution >= 0.6 is 15.6 Å². The highest BCUT2D eigenvalue weighted by molar-refractivity contribution is 7.61. The van der Waals surface area contributed by atoms with Crippen molar-refractivity contribution < 1.29 is 86.3 Å². The number of rotatable bonds is 26. The van der Waals surface area contributed by atoms with E-state index in [9.17, 15) is 58.8 Å². The maximum atomic E-state index is 13.4. The number of nitrogen functional groups attached to an aromatic ring is 1. The maximum Gasteiger partial charge on any atom is 0.481 e. The number of phosphoric acid groups is 2. The number of nitrogens with zero attached hydrogens (tertiary/aromatic N) is 2. The lowest BCUT2D eigenvalue weighted by Gasteiger charge is -2.36. The molecule has 2 bridgehead atoms. The standard InChI is InChI=1S/C53H93N3O19P2/c1-4-5-21-27-40(57)31-32-44-50(62)51(63)45-38-71-77(67,68)75-76(65,66)70-37-41(72-48(60)30-25-18-16-14-12-10-8-6-7-9-11-13-15-17-22-26-39(2)3)36-69-47(59)29-24-20-19-23-28-42(43(58)35-49(61)73-44)52(74-45)56-34-33-46(54)55-53(56)64/h19,23,31-34,39-45,49-52,57-58,61-63H,4-18,20-22,24-30,35-38H2,1-3H3,(H,65,66)(H,67,68)(H2,54,55,64)/t40-,41+,42-,43-,44+,45+,49?,50-,51+,52+/m0/s1. The summed E-state index contributed by atoms with van der Waals surface area (Å²) in [5.74, 6) is -2.06. The van der Waals surface area contributed by atoms with Gasteiger partial charge < -0.3 is 60.0 Å². The third kappa shape index (κ3) is 29.4. The molecule has 1 fully saturated rings. The monoisotopic (exact) mass is 1140 g/mol. The van der Waals surface area contributed by atoms with Gasteiger partial charge in [0.15, 0.2) is 12.4 Å². The molecule has 2 aliphatic rings. The molecule has 0 amide bonds. The van der Waals surface area contributed by atoms with Gasteiger partial charge in [0.2, 0.25) is 0 Å². The van der Waals surface area contributed by atoms with Crippen molar-refractivity contribution in [3.8, 4) is 0 Å². The average Bonchev–Trinajstić information content (AvgIpc) is 3.37. The number of hydrogen-bond acceptors (Lipinski definition) is 19. The van der Waals surface area contributed by atoms with Gasteiger partial charge in [0.1, 0.15) is 43.1 Å². The van der Waals surface area contributed by atoms with Crippen LogP contribution in [-0.2, 0) is 51.0 Å². The number of aromatic nitrogens is 2. The number of phosphoric ester groups is 2. The molecular weight excluding hydrogens is 1040 g/mol. The fourth-order valence-electron chi connectivity index (χ4n) is 9.06. The zero-order valence-corrected chi connectivity index (χ0v) is 47.5.